The Bertz CT molecular complexity index is 1360. The number of carbonyl (C=O) groups is 1. The molecule has 0 aliphatic rings. The molecule has 0 bridgehead atoms. The molecule has 0 aliphatic carbocycles. The van der Waals surface area contributed by atoms with E-state index in [-0.39, 0.29) is 38.1 Å². The normalized spacial score (nSPS) is 13.0. The van der Waals surface area contributed by atoms with Gasteiger partial charge in [-0.1, -0.05) is 72.9 Å². The Hall–Kier alpha value is -1.66. The number of anilines is 1. The molecule has 2 rings (SSSR count). The van der Waals surface area contributed by atoms with Crippen LogP contribution in [0.2, 0.25) is 56.4 Å². The van der Waals surface area contributed by atoms with E-state index in [0.717, 1.165) is 32.7 Å². The van der Waals surface area contributed by atoms with Crippen LogP contribution in [0.25, 0.3) is 0 Å². The first kappa shape index (κ1) is 39.5. The Balaban J connectivity index is 2.19. The number of halogens is 2. The number of nitrogens with zero attached hydrogens (tertiary/aromatic N) is 1. The highest BCUT2D eigenvalue weighted by molar-refractivity contribution is 9.10. The van der Waals surface area contributed by atoms with E-state index in [2.05, 4.69) is 60.5 Å². The predicted octanol–water partition coefficient (Wildman–Crippen LogP) is 6.41. The molecule has 254 valence electrons. The number of hydrogen-bond donors (Lipinski definition) is 2. The smallest absolute Gasteiger partial charge is 0.258 e. The van der Waals surface area contributed by atoms with Crippen LogP contribution in [0.1, 0.15) is 17.2 Å². The standard InChI is InChI=1S/C30H48BrClN2O8SSi2/c1-22-15-24(31)17-25(32)30(22)41-19-29(36)33-18-27(35)23-9-10-28(42-21-40-12-14-45(6,7)8)26(16-23)34(43(2,37)38)20-39-11-13-44(3,4)5/h9-10,15-17,27,35H,11-14,18-21H2,1-8H3,(H,33,36)/t27-/m0/s1. The van der Waals surface area contributed by atoms with E-state index in [0.29, 0.717) is 29.5 Å². The molecule has 2 aromatic carbocycles. The largest absolute Gasteiger partial charge is 0.482 e. The van der Waals surface area contributed by atoms with Crippen molar-refractivity contribution in [2.24, 2.45) is 0 Å². The average Bonchev–Trinajstić information content (AvgIpc) is 2.89. The SMILES string of the molecule is Cc1cc(Br)cc(Cl)c1OCC(=O)NC[C@H](O)c1ccc(OCOCC[Si](C)(C)C)c(N(COCC[Si](C)(C)C)S(C)(=O)=O)c1. The van der Waals surface area contributed by atoms with Crippen molar-refractivity contribution in [2.45, 2.75) is 64.4 Å². The number of benzene rings is 2. The molecule has 0 saturated heterocycles. The molecule has 1 amide bonds. The Labute approximate surface area is 283 Å². The van der Waals surface area contributed by atoms with Crippen LogP contribution in [0.4, 0.5) is 5.69 Å². The highest BCUT2D eigenvalue weighted by Gasteiger charge is 2.25. The molecule has 2 N–H and O–H groups in total. The summed E-state index contributed by atoms with van der Waals surface area (Å²) >= 11 is 9.60. The number of aryl methyl sites for hydroxylation is 1. The van der Waals surface area contributed by atoms with Crippen molar-refractivity contribution in [1.82, 2.24) is 5.32 Å². The molecule has 0 unspecified atom stereocenters. The molecule has 1 atom stereocenters. The molecule has 0 heterocycles. The zero-order valence-electron chi connectivity index (χ0n) is 27.5. The molecule has 45 heavy (non-hydrogen) atoms. The average molecular weight is 768 g/mol. The van der Waals surface area contributed by atoms with Crippen molar-refractivity contribution in [3.63, 3.8) is 0 Å². The fourth-order valence-electron chi connectivity index (χ4n) is 3.86. The van der Waals surface area contributed by atoms with E-state index >= 15 is 0 Å². The van der Waals surface area contributed by atoms with Gasteiger partial charge in [-0.15, -0.1) is 0 Å². The summed E-state index contributed by atoms with van der Waals surface area (Å²) in [5.74, 6) is 0.196. The Morgan fingerprint density at radius 1 is 1.02 bits per heavy atom. The van der Waals surface area contributed by atoms with Gasteiger partial charge in [0.15, 0.2) is 13.4 Å². The third-order valence-corrected chi connectivity index (χ3v) is 11.8. The van der Waals surface area contributed by atoms with Crippen LogP contribution >= 0.6 is 27.5 Å². The van der Waals surface area contributed by atoms with Crippen LogP contribution < -0.4 is 19.1 Å². The molecular formula is C30H48BrClN2O8SSi2. The van der Waals surface area contributed by atoms with Crippen molar-refractivity contribution in [2.75, 3.05) is 50.5 Å². The van der Waals surface area contributed by atoms with Gasteiger partial charge in [0.2, 0.25) is 10.0 Å². The summed E-state index contributed by atoms with van der Waals surface area (Å²) in [6.45, 7) is 15.4. The minimum atomic E-state index is -3.80. The van der Waals surface area contributed by atoms with Gasteiger partial charge in [-0.25, -0.2) is 12.7 Å². The molecule has 10 nitrogen and oxygen atoms in total. The Kier molecular flexibility index (Phi) is 15.4. The quantitative estimate of drug-likeness (QED) is 0.0956. The number of carbonyl (C=O) groups excluding carboxylic acids is 1. The van der Waals surface area contributed by atoms with E-state index in [4.69, 9.17) is 30.5 Å². The molecule has 0 saturated carbocycles. The predicted molar refractivity (Wildman–Crippen MR) is 190 cm³/mol. The van der Waals surface area contributed by atoms with Crippen molar-refractivity contribution in [3.8, 4) is 11.5 Å². The van der Waals surface area contributed by atoms with E-state index in [1.165, 1.54) is 6.07 Å². The lowest BCUT2D eigenvalue weighted by Gasteiger charge is -2.26. The monoisotopic (exact) mass is 766 g/mol. The summed E-state index contributed by atoms with van der Waals surface area (Å²) in [6, 6.07) is 10.1. The number of hydrogen-bond acceptors (Lipinski definition) is 8. The van der Waals surface area contributed by atoms with E-state index in [1.807, 2.05) is 13.0 Å². The first-order chi connectivity index (χ1) is 20.8. The fraction of sp³-hybridized carbons (Fsp3) is 0.567. The number of ether oxygens (including phenoxy) is 4. The minimum absolute atomic E-state index is 0.0641. The van der Waals surface area contributed by atoms with E-state index in [1.54, 1.807) is 18.2 Å². The first-order valence-corrected chi connectivity index (χ1v) is 25.1. The third kappa shape index (κ3) is 14.8. The van der Waals surface area contributed by atoms with Crippen molar-refractivity contribution < 1.29 is 37.3 Å². The second-order valence-corrected chi connectivity index (χ2v) is 27.8. The number of sulfonamides is 1. The number of aliphatic hydroxyl groups is 1. The lowest BCUT2D eigenvalue weighted by atomic mass is 10.1. The van der Waals surface area contributed by atoms with Crippen LogP contribution in [0, 0.1) is 6.92 Å². The fourth-order valence-corrected chi connectivity index (χ4v) is 7.16. The highest BCUT2D eigenvalue weighted by atomic mass is 79.9. The van der Waals surface area contributed by atoms with Crippen LogP contribution in [0.5, 0.6) is 11.5 Å². The summed E-state index contributed by atoms with van der Waals surface area (Å²) in [7, 11) is -6.49. The second kappa shape index (κ2) is 17.5. The second-order valence-electron chi connectivity index (χ2n) is 13.3. The zero-order chi connectivity index (χ0) is 34.0. The van der Waals surface area contributed by atoms with Gasteiger partial charge in [0.25, 0.3) is 5.91 Å². The van der Waals surface area contributed by atoms with Gasteiger partial charge in [0.05, 0.1) is 23.1 Å². The van der Waals surface area contributed by atoms with Crippen LogP contribution in [0.15, 0.2) is 34.8 Å². The van der Waals surface area contributed by atoms with Gasteiger partial charge in [0, 0.05) is 40.4 Å². The zero-order valence-corrected chi connectivity index (χ0v) is 32.7. The van der Waals surface area contributed by atoms with Crippen molar-refractivity contribution in [1.29, 1.82) is 0 Å². The van der Waals surface area contributed by atoms with E-state index < -0.39 is 38.2 Å². The summed E-state index contributed by atoms with van der Waals surface area (Å²) in [5, 5.41) is 14.0. The van der Waals surface area contributed by atoms with Crippen molar-refractivity contribution in [3.05, 3.63) is 51.0 Å². The van der Waals surface area contributed by atoms with Crippen LogP contribution in [-0.2, 0) is 24.3 Å². The number of aliphatic hydroxyl groups excluding tert-OH is 1. The molecular weight excluding hydrogens is 720 g/mol. The third-order valence-electron chi connectivity index (χ3n) is 6.57. The molecule has 15 heteroatoms. The van der Waals surface area contributed by atoms with E-state index in [9.17, 15) is 18.3 Å². The number of amides is 1. The van der Waals surface area contributed by atoms with Gasteiger partial charge in [-0.3, -0.25) is 4.79 Å². The topological polar surface area (TPSA) is 124 Å². The van der Waals surface area contributed by atoms with Gasteiger partial charge >= 0.3 is 0 Å². The Morgan fingerprint density at radius 3 is 2.22 bits per heavy atom. The molecule has 0 aromatic heterocycles. The van der Waals surface area contributed by atoms with Crippen LogP contribution in [-0.4, -0.2) is 81.7 Å². The van der Waals surface area contributed by atoms with Crippen LogP contribution in [0.3, 0.4) is 0 Å². The van der Waals surface area contributed by atoms with Crippen molar-refractivity contribution >= 4 is 65.3 Å². The maximum Gasteiger partial charge on any atom is 0.258 e. The van der Waals surface area contributed by atoms with Gasteiger partial charge in [-0.05, 0) is 54.4 Å². The van der Waals surface area contributed by atoms with Gasteiger partial charge in [-0.2, -0.15) is 0 Å². The number of nitrogens with one attached hydrogen (secondary N) is 1. The maximum atomic E-state index is 12.9. The maximum absolute atomic E-state index is 12.9. The van der Waals surface area contributed by atoms with Gasteiger partial charge in [0.1, 0.15) is 18.2 Å². The molecule has 2 aromatic rings. The lowest BCUT2D eigenvalue weighted by Crippen LogP contribution is -2.34. The molecule has 0 fully saturated rings. The molecule has 0 aliphatic heterocycles. The summed E-state index contributed by atoms with van der Waals surface area (Å²) in [5.41, 5.74) is 1.34. The van der Waals surface area contributed by atoms with Gasteiger partial charge < -0.3 is 29.4 Å². The Morgan fingerprint density at radius 2 is 1.64 bits per heavy atom. The number of rotatable bonds is 19. The minimum Gasteiger partial charge on any atom is -0.482 e. The molecule has 0 radical (unpaired) electrons. The summed E-state index contributed by atoms with van der Waals surface area (Å²) in [6.07, 6.45) is -0.0618. The lowest BCUT2D eigenvalue weighted by molar-refractivity contribution is -0.123. The summed E-state index contributed by atoms with van der Waals surface area (Å²) in [4.78, 5) is 12.5. The summed E-state index contributed by atoms with van der Waals surface area (Å²) < 4.78 is 50.8. The molecule has 0 spiro atoms. The first-order valence-electron chi connectivity index (χ1n) is 14.7. The highest BCUT2D eigenvalue weighted by Crippen LogP contribution is 2.34.